The number of anilines is 2. The quantitative estimate of drug-likeness (QED) is 0.899. The van der Waals surface area contributed by atoms with Crippen LogP contribution in [-0.2, 0) is 4.79 Å². The minimum Gasteiger partial charge on any atom is -0.396 e. The summed E-state index contributed by atoms with van der Waals surface area (Å²) in [6.45, 7) is 0.256. The standard InChI is InChI=1S/C10H15BrN4O/c1-14(2)9(16)6-15(3)10-8(12)4-7(11)5-13-10/h4-5H,6,12H2,1-3H3. The van der Waals surface area contributed by atoms with Crippen molar-refractivity contribution in [2.24, 2.45) is 0 Å². The number of amides is 1. The fourth-order valence-corrected chi connectivity index (χ4v) is 1.53. The smallest absolute Gasteiger partial charge is 0.241 e. The molecule has 16 heavy (non-hydrogen) atoms. The van der Waals surface area contributed by atoms with Gasteiger partial charge < -0.3 is 15.5 Å². The summed E-state index contributed by atoms with van der Waals surface area (Å²) in [7, 11) is 5.22. The van der Waals surface area contributed by atoms with Crippen LogP contribution >= 0.6 is 15.9 Å². The molecular weight excluding hydrogens is 272 g/mol. The molecule has 0 spiro atoms. The lowest BCUT2D eigenvalue weighted by Gasteiger charge is -2.21. The van der Waals surface area contributed by atoms with E-state index in [-0.39, 0.29) is 12.5 Å². The Morgan fingerprint density at radius 1 is 1.50 bits per heavy atom. The molecule has 0 atom stereocenters. The second-order valence-corrected chi connectivity index (χ2v) is 4.63. The molecule has 1 rings (SSSR count). The molecule has 0 bridgehead atoms. The monoisotopic (exact) mass is 286 g/mol. The van der Waals surface area contributed by atoms with E-state index in [9.17, 15) is 4.79 Å². The van der Waals surface area contributed by atoms with Crippen molar-refractivity contribution in [3.63, 3.8) is 0 Å². The number of carbonyl (C=O) groups is 1. The normalized spacial score (nSPS) is 10.0. The number of hydrogen-bond acceptors (Lipinski definition) is 4. The van der Waals surface area contributed by atoms with Gasteiger partial charge >= 0.3 is 0 Å². The molecule has 0 fully saturated rings. The van der Waals surface area contributed by atoms with Crippen LogP contribution in [0, 0.1) is 0 Å². The fourth-order valence-electron chi connectivity index (χ4n) is 1.19. The fraction of sp³-hybridized carbons (Fsp3) is 0.400. The Labute approximate surface area is 103 Å². The van der Waals surface area contributed by atoms with Gasteiger partial charge in [-0.25, -0.2) is 4.98 Å². The van der Waals surface area contributed by atoms with Crippen LogP contribution in [0.15, 0.2) is 16.7 Å². The minimum absolute atomic E-state index is 0.00613. The van der Waals surface area contributed by atoms with Gasteiger partial charge in [-0.2, -0.15) is 0 Å². The molecule has 0 unspecified atom stereocenters. The largest absolute Gasteiger partial charge is 0.396 e. The van der Waals surface area contributed by atoms with Gasteiger partial charge in [-0.3, -0.25) is 4.79 Å². The van der Waals surface area contributed by atoms with Crippen molar-refractivity contribution < 1.29 is 4.79 Å². The van der Waals surface area contributed by atoms with Crippen molar-refractivity contribution >= 4 is 33.3 Å². The molecule has 0 aromatic carbocycles. The van der Waals surface area contributed by atoms with Crippen molar-refractivity contribution in [1.29, 1.82) is 0 Å². The molecule has 1 heterocycles. The number of nitrogens with zero attached hydrogens (tertiary/aromatic N) is 3. The highest BCUT2D eigenvalue weighted by molar-refractivity contribution is 9.10. The van der Waals surface area contributed by atoms with Crippen LogP contribution < -0.4 is 10.6 Å². The predicted molar refractivity (Wildman–Crippen MR) is 68.3 cm³/mol. The summed E-state index contributed by atoms with van der Waals surface area (Å²) in [5.74, 6) is 0.616. The Balaban J connectivity index is 2.80. The lowest BCUT2D eigenvalue weighted by molar-refractivity contribution is -0.127. The molecule has 88 valence electrons. The second-order valence-electron chi connectivity index (χ2n) is 3.71. The van der Waals surface area contributed by atoms with E-state index in [1.54, 1.807) is 38.3 Å². The van der Waals surface area contributed by atoms with Crippen LogP contribution in [0.5, 0.6) is 0 Å². The third kappa shape index (κ3) is 3.10. The number of rotatable bonds is 3. The zero-order chi connectivity index (χ0) is 12.3. The first kappa shape index (κ1) is 12.8. The highest BCUT2D eigenvalue weighted by atomic mass is 79.9. The number of carbonyl (C=O) groups excluding carboxylic acids is 1. The highest BCUT2D eigenvalue weighted by Gasteiger charge is 2.12. The summed E-state index contributed by atoms with van der Waals surface area (Å²) in [6, 6.07) is 1.76. The Morgan fingerprint density at radius 2 is 2.12 bits per heavy atom. The first-order chi connectivity index (χ1) is 7.41. The van der Waals surface area contributed by atoms with Gasteiger partial charge in [0.2, 0.25) is 5.91 Å². The number of hydrogen-bond donors (Lipinski definition) is 1. The molecule has 0 aliphatic rings. The van der Waals surface area contributed by atoms with Crippen LogP contribution in [0.1, 0.15) is 0 Å². The molecule has 2 N–H and O–H groups in total. The first-order valence-corrected chi connectivity index (χ1v) is 5.53. The molecule has 0 aliphatic carbocycles. The van der Waals surface area contributed by atoms with Crippen LogP contribution in [0.25, 0.3) is 0 Å². The summed E-state index contributed by atoms with van der Waals surface area (Å²) < 4.78 is 0.820. The lowest BCUT2D eigenvalue weighted by atomic mass is 10.3. The SMILES string of the molecule is CN(C)C(=O)CN(C)c1ncc(Br)cc1N. The third-order valence-corrected chi connectivity index (χ3v) is 2.53. The molecule has 0 aliphatic heterocycles. The molecule has 6 heteroatoms. The van der Waals surface area contributed by atoms with E-state index in [0.29, 0.717) is 11.5 Å². The summed E-state index contributed by atoms with van der Waals surface area (Å²) in [4.78, 5) is 18.9. The molecular formula is C10H15BrN4O. The van der Waals surface area contributed by atoms with E-state index in [4.69, 9.17) is 5.73 Å². The van der Waals surface area contributed by atoms with Crippen LogP contribution in [0.2, 0.25) is 0 Å². The van der Waals surface area contributed by atoms with E-state index in [1.165, 1.54) is 4.90 Å². The van der Waals surface area contributed by atoms with Crippen LogP contribution in [0.4, 0.5) is 11.5 Å². The average molecular weight is 287 g/mol. The van der Waals surface area contributed by atoms with E-state index >= 15 is 0 Å². The number of aromatic nitrogens is 1. The molecule has 1 amide bonds. The van der Waals surface area contributed by atoms with E-state index in [1.807, 2.05) is 0 Å². The zero-order valence-corrected chi connectivity index (χ0v) is 11.2. The molecule has 1 aromatic heterocycles. The van der Waals surface area contributed by atoms with Gasteiger partial charge in [-0.15, -0.1) is 0 Å². The maximum atomic E-state index is 11.5. The van der Waals surface area contributed by atoms with E-state index < -0.39 is 0 Å². The Hall–Kier alpha value is -1.30. The Morgan fingerprint density at radius 3 is 2.62 bits per heavy atom. The molecule has 1 aromatic rings. The van der Waals surface area contributed by atoms with Gasteiger partial charge in [-0.05, 0) is 22.0 Å². The number of nitrogens with two attached hydrogens (primary N) is 1. The Kier molecular flexibility index (Phi) is 4.12. The van der Waals surface area contributed by atoms with E-state index in [0.717, 1.165) is 4.47 Å². The van der Waals surface area contributed by atoms with Gasteiger partial charge in [-0.1, -0.05) is 0 Å². The zero-order valence-electron chi connectivity index (χ0n) is 9.57. The highest BCUT2D eigenvalue weighted by Crippen LogP contribution is 2.22. The maximum absolute atomic E-state index is 11.5. The number of likely N-dealkylation sites (N-methyl/N-ethyl adjacent to an activating group) is 2. The van der Waals surface area contributed by atoms with Crippen molar-refractivity contribution in [1.82, 2.24) is 9.88 Å². The van der Waals surface area contributed by atoms with Crippen molar-refractivity contribution in [3.8, 4) is 0 Å². The molecule has 0 saturated carbocycles. The van der Waals surface area contributed by atoms with Crippen molar-refractivity contribution in [2.45, 2.75) is 0 Å². The predicted octanol–water partition coefficient (Wildman–Crippen LogP) is 0.951. The summed E-state index contributed by atoms with van der Waals surface area (Å²) in [5, 5.41) is 0. The summed E-state index contributed by atoms with van der Waals surface area (Å²) >= 11 is 3.28. The number of halogens is 1. The van der Waals surface area contributed by atoms with Crippen molar-refractivity contribution in [3.05, 3.63) is 16.7 Å². The maximum Gasteiger partial charge on any atom is 0.241 e. The average Bonchev–Trinajstić information content (AvgIpc) is 2.16. The number of pyridine rings is 1. The minimum atomic E-state index is 0.00613. The van der Waals surface area contributed by atoms with Crippen LogP contribution in [-0.4, -0.2) is 43.5 Å². The number of nitrogen functional groups attached to an aromatic ring is 1. The summed E-state index contributed by atoms with van der Waals surface area (Å²) in [5.41, 5.74) is 6.36. The molecule has 0 radical (unpaired) electrons. The molecule has 0 saturated heterocycles. The van der Waals surface area contributed by atoms with E-state index in [2.05, 4.69) is 20.9 Å². The lowest BCUT2D eigenvalue weighted by Crippen LogP contribution is -2.35. The first-order valence-electron chi connectivity index (χ1n) is 4.74. The van der Waals surface area contributed by atoms with Crippen molar-refractivity contribution in [2.75, 3.05) is 38.3 Å². The Bertz CT molecular complexity index is 394. The topological polar surface area (TPSA) is 62.5 Å². The molecule has 5 nitrogen and oxygen atoms in total. The second kappa shape index (κ2) is 5.16. The third-order valence-electron chi connectivity index (χ3n) is 2.09. The van der Waals surface area contributed by atoms with Gasteiger partial charge in [0.05, 0.1) is 12.2 Å². The summed E-state index contributed by atoms with van der Waals surface area (Å²) in [6.07, 6.45) is 1.66. The van der Waals surface area contributed by atoms with Crippen LogP contribution in [0.3, 0.4) is 0 Å². The van der Waals surface area contributed by atoms with Gasteiger partial charge in [0.25, 0.3) is 0 Å². The van der Waals surface area contributed by atoms with Gasteiger partial charge in [0.1, 0.15) is 0 Å². The van der Waals surface area contributed by atoms with Gasteiger partial charge in [0, 0.05) is 31.8 Å². The van der Waals surface area contributed by atoms with Gasteiger partial charge in [0.15, 0.2) is 5.82 Å².